The SMILES string of the molecule is COc1cccc(Cc2nc3cccnc3n2C(C)C)c1. The van der Waals surface area contributed by atoms with E-state index in [0.29, 0.717) is 6.04 Å². The normalized spacial score (nSPS) is 11.2. The van der Waals surface area contributed by atoms with Gasteiger partial charge in [0.05, 0.1) is 7.11 Å². The molecule has 21 heavy (non-hydrogen) atoms. The van der Waals surface area contributed by atoms with E-state index < -0.39 is 0 Å². The Labute approximate surface area is 124 Å². The van der Waals surface area contributed by atoms with Crippen LogP contribution in [0, 0.1) is 0 Å². The molecule has 108 valence electrons. The molecule has 0 fully saturated rings. The molecule has 2 heterocycles. The minimum Gasteiger partial charge on any atom is -0.497 e. The second-order valence-corrected chi connectivity index (χ2v) is 5.37. The first-order valence-corrected chi connectivity index (χ1v) is 7.14. The van der Waals surface area contributed by atoms with Crippen molar-refractivity contribution in [3.8, 4) is 5.75 Å². The van der Waals surface area contributed by atoms with E-state index in [1.165, 1.54) is 5.56 Å². The molecule has 4 nitrogen and oxygen atoms in total. The molecule has 0 aliphatic rings. The third-order valence-electron chi connectivity index (χ3n) is 3.53. The van der Waals surface area contributed by atoms with Crippen molar-refractivity contribution in [3.05, 3.63) is 54.0 Å². The van der Waals surface area contributed by atoms with Gasteiger partial charge in [0.25, 0.3) is 0 Å². The highest BCUT2D eigenvalue weighted by atomic mass is 16.5. The van der Waals surface area contributed by atoms with Gasteiger partial charge in [-0.15, -0.1) is 0 Å². The number of nitrogens with zero attached hydrogens (tertiary/aromatic N) is 3. The number of hydrogen-bond donors (Lipinski definition) is 0. The molecule has 2 aromatic heterocycles. The van der Waals surface area contributed by atoms with Crippen molar-refractivity contribution in [2.24, 2.45) is 0 Å². The van der Waals surface area contributed by atoms with Gasteiger partial charge in [-0.1, -0.05) is 12.1 Å². The number of imidazole rings is 1. The molecule has 0 bridgehead atoms. The second-order valence-electron chi connectivity index (χ2n) is 5.37. The first-order valence-electron chi connectivity index (χ1n) is 7.14. The van der Waals surface area contributed by atoms with E-state index in [1.54, 1.807) is 7.11 Å². The second kappa shape index (κ2) is 5.56. The molecule has 0 unspecified atom stereocenters. The van der Waals surface area contributed by atoms with E-state index in [0.717, 1.165) is 29.2 Å². The zero-order chi connectivity index (χ0) is 14.8. The summed E-state index contributed by atoms with van der Waals surface area (Å²) in [6.45, 7) is 4.32. The van der Waals surface area contributed by atoms with E-state index in [1.807, 2.05) is 30.5 Å². The third-order valence-corrected chi connectivity index (χ3v) is 3.53. The first-order chi connectivity index (χ1) is 10.2. The van der Waals surface area contributed by atoms with E-state index >= 15 is 0 Å². The van der Waals surface area contributed by atoms with Gasteiger partial charge < -0.3 is 9.30 Å². The van der Waals surface area contributed by atoms with Gasteiger partial charge in [-0.05, 0) is 43.7 Å². The van der Waals surface area contributed by atoms with Gasteiger partial charge in [0.15, 0.2) is 5.65 Å². The molecule has 0 saturated carbocycles. The van der Waals surface area contributed by atoms with Crippen molar-refractivity contribution in [3.63, 3.8) is 0 Å². The molecule has 0 radical (unpaired) electrons. The van der Waals surface area contributed by atoms with Crippen LogP contribution in [-0.2, 0) is 6.42 Å². The first kappa shape index (κ1) is 13.6. The van der Waals surface area contributed by atoms with Crippen molar-refractivity contribution >= 4 is 11.2 Å². The fourth-order valence-electron chi connectivity index (χ4n) is 2.61. The minimum absolute atomic E-state index is 0.325. The van der Waals surface area contributed by atoms with Crippen molar-refractivity contribution in [2.75, 3.05) is 7.11 Å². The van der Waals surface area contributed by atoms with E-state index in [2.05, 4.69) is 35.5 Å². The van der Waals surface area contributed by atoms with Gasteiger partial charge in [0, 0.05) is 18.7 Å². The Bertz CT molecular complexity index is 762. The summed E-state index contributed by atoms with van der Waals surface area (Å²) in [5, 5.41) is 0. The van der Waals surface area contributed by atoms with Crippen LogP contribution in [0.1, 0.15) is 31.3 Å². The van der Waals surface area contributed by atoms with E-state index in [9.17, 15) is 0 Å². The van der Waals surface area contributed by atoms with Crippen molar-refractivity contribution in [1.29, 1.82) is 0 Å². The summed E-state index contributed by atoms with van der Waals surface area (Å²) in [5.41, 5.74) is 3.08. The maximum Gasteiger partial charge on any atom is 0.160 e. The predicted molar refractivity (Wildman–Crippen MR) is 83.7 cm³/mol. The molecule has 0 saturated heterocycles. The summed E-state index contributed by atoms with van der Waals surface area (Å²) >= 11 is 0. The van der Waals surface area contributed by atoms with Gasteiger partial charge in [-0.2, -0.15) is 0 Å². The number of pyridine rings is 1. The van der Waals surface area contributed by atoms with Crippen LogP contribution >= 0.6 is 0 Å². The maximum absolute atomic E-state index is 5.29. The van der Waals surface area contributed by atoms with Crippen LogP contribution in [0.25, 0.3) is 11.2 Å². The highest BCUT2D eigenvalue weighted by Crippen LogP contribution is 2.22. The van der Waals surface area contributed by atoms with Crippen LogP contribution in [0.2, 0.25) is 0 Å². The zero-order valence-electron chi connectivity index (χ0n) is 12.6. The summed E-state index contributed by atoms with van der Waals surface area (Å²) in [7, 11) is 1.69. The smallest absolute Gasteiger partial charge is 0.160 e. The number of ether oxygens (including phenoxy) is 1. The van der Waals surface area contributed by atoms with Crippen LogP contribution in [0.15, 0.2) is 42.6 Å². The highest BCUT2D eigenvalue weighted by molar-refractivity contribution is 5.71. The standard InChI is InChI=1S/C17H19N3O/c1-12(2)20-16(19-15-8-5-9-18-17(15)20)11-13-6-4-7-14(10-13)21-3/h4-10,12H,11H2,1-3H3. The molecule has 3 rings (SSSR count). The zero-order valence-corrected chi connectivity index (χ0v) is 12.6. The fraction of sp³-hybridized carbons (Fsp3) is 0.294. The molecular formula is C17H19N3O. The molecule has 0 aliphatic carbocycles. The average molecular weight is 281 g/mol. The Balaban J connectivity index is 2.05. The van der Waals surface area contributed by atoms with Crippen LogP contribution in [0.5, 0.6) is 5.75 Å². The lowest BCUT2D eigenvalue weighted by atomic mass is 10.1. The molecule has 0 atom stereocenters. The lowest BCUT2D eigenvalue weighted by Crippen LogP contribution is -2.07. The van der Waals surface area contributed by atoms with Gasteiger partial charge in [-0.25, -0.2) is 9.97 Å². The van der Waals surface area contributed by atoms with Crippen LogP contribution in [0.3, 0.4) is 0 Å². The summed E-state index contributed by atoms with van der Waals surface area (Å²) in [5.74, 6) is 1.91. The van der Waals surface area contributed by atoms with Crippen LogP contribution in [-0.4, -0.2) is 21.6 Å². The summed E-state index contributed by atoms with van der Waals surface area (Å²) in [6.07, 6.45) is 2.59. The molecular weight excluding hydrogens is 262 g/mol. The number of fused-ring (bicyclic) bond motifs is 1. The molecule has 0 amide bonds. The van der Waals surface area contributed by atoms with E-state index in [4.69, 9.17) is 9.72 Å². The number of hydrogen-bond acceptors (Lipinski definition) is 3. The fourth-order valence-corrected chi connectivity index (χ4v) is 2.61. The van der Waals surface area contributed by atoms with Gasteiger partial charge in [0.1, 0.15) is 17.1 Å². The van der Waals surface area contributed by atoms with Gasteiger partial charge in [0.2, 0.25) is 0 Å². The van der Waals surface area contributed by atoms with Crippen LogP contribution in [0.4, 0.5) is 0 Å². The summed E-state index contributed by atoms with van der Waals surface area (Å²) in [4.78, 5) is 9.22. The number of benzene rings is 1. The van der Waals surface area contributed by atoms with Gasteiger partial charge in [-0.3, -0.25) is 0 Å². The van der Waals surface area contributed by atoms with Crippen LogP contribution < -0.4 is 4.74 Å². The molecule has 1 aromatic carbocycles. The number of rotatable bonds is 4. The molecule has 0 N–H and O–H groups in total. The maximum atomic E-state index is 5.29. The van der Waals surface area contributed by atoms with E-state index in [-0.39, 0.29) is 0 Å². The minimum atomic E-state index is 0.325. The Morgan fingerprint density at radius 2 is 2.05 bits per heavy atom. The highest BCUT2D eigenvalue weighted by Gasteiger charge is 2.14. The Morgan fingerprint density at radius 3 is 2.81 bits per heavy atom. The molecule has 0 aliphatic heterocycles. The summed E-state index contributed by atoms with van der Waals surface area (Å²) in [6, 6.07) is 12.4. The molecule has 4 heteroatoms. The topological polar surface area (TPSA) is 39.9 Å². The Hall–Kier alpha value is -2.36. The number of methoxy groups -OCH3 is 1. The molecule has 0 spiro atoms. The quantitative estimate of drug-likeness (QED) is 0.733. The summed E-state index contributed by atoms with van der Waals surface area (Å²) < 4.78 is 7.49. The van der Waals surface area contributed by atoms with Crippen molar-refractivity contribution in [1.82, 2.24) is 14.5 Å². The number of aromatic nitrogens is 3. The lowest BCUT2D eigenvalue weighted by Gasteiger charge is -2.12. The Kier molecular flexibility index (Phi) is 3.60. The monoisotopic (exact) mass is 281 g/mol. The molecule has 3 aromatic rings. The average Bonchev–Trinajstić information content (AvgIpc) is 2.85. The largest absolute Gasteiger partial charge is 0.497 e. The predicted octanol–water partition coefficient (Wildman–Crippen LogP) is 3.61. The van der Waals surface area contributed by atoms with Crippen molar-refractivity contribution in [2.45, 2.75) is 26.3 Å². The third kappa shape index (κ3) is 2.61. The van der Waals surface area contributed by atoms with Crippen molar-refractivity contribution < 1.29 is 4.74 Å². The Morgan fingerprint density at radius 1 is 1.19 bits per heavy atom. The van der Waals surface area contributed by atoms with Gasteiger partial charge >= 0.3 is 0 Å². The lowest BCUT2D eigenvalue weighted by molar-refractivity contribution is 0.414.